The van der Waals surface area contributed by atoms with Gasteiger partial charge in [-0.1, -0.05) is 18.2 Å². The number of nitrogens with one attached hydrogen (secondary N) is 1. The van der Waals surface area contributed by atoms with Gasteiger partial charge in [-0.25, -0.2) is 4.79 Å². The van der Waals surface area contributed by atoms with Crippen molar-refractivity contribution in [2.24, 2.45) is 0 Å². The van der Waals surface area contributed by atoms with Gasteiger partial charge in [0.05, 0.1) is 25.3 Å². The summed E-state index contributed by atoms with van der Waals surface area (Å²) in [5.74, 6) is 1.15. The minimum absolute atomic E-state index is 0.0867. The molecule has 0 spiro atoms. The van der Waals surface area contributed by atoms with Crippen molar-refractivity contribution in [1.82, 2.24) is 14.5 Å². The molecule has 7 heteroatoms. The number of rotatable bonds is 8. The van der Waals surface area contributed by atoms with E-state index in [0.29, 0.717) is 31.1 Å². The Balaban J connectivity index is 1.65. The van der Waals surface area contributed by atoms with E-state index < -0.39 is 0 Å². The SMILES string of the molecule is CCn1c(=O)n(CCC(=O)NCc2ccc(OC)c(OC)c2)c2ccccc21. The van der Waals surface area contributed by atoms with Gasteiger partial charge in [-0.3, -0.25) is 13.9 Å². The summed E-state index contributed by atoms with van der Waals surface area (Å²) in [7, 11) is 3.15. The first-order valence-corrected chi connectivity index (χ1v) is 9.24. The van der Waals surface area contributed by atoms with Gasteiger partial charge in [0.25, 0.3) is 0 Å². The topological polar surface area (TPSA) is 74.5 Å². The van der Waals surface area contributed by atoms with E-state index in [-0.39, 0.29) is 18.0 Å². The van der Waals surface area contributed by atoms with E-state index in [1.807, 2.05) is 43.3 Å². The Morgan fingerprint density at radius 1 is 1.00 bits per heavy atom. The van der Waals surface area contributed by atoms with E-state index in [1.165, 1.54) is 0 Å². The van der Waals surface area contributed by atoms with Crippen molar-refractivity contribution >= 4 is 16.9 Å². The highest BCUT2D eigenvalue weighted by Crippen LogP contribution is 2.27. The number of fused-ring (bicyclic) bond motifs is 1. The highest BCUT2D eigenvalue weighted by atomic mass is 16.5. The van der Waals surface area contributed by atoms with Crippen molar-refractivity contribution in [2.45, 2.75) is 33.0 Å². The summed E-state index contributed by atoms with van der Waals surface area (Å²) in [5, 5.41) is 2.89. The molecule has 3 aromatic rings. The van der Waals surface area contributed by atoms with E-state index in [1.54, 1.807) is 29.4 Å². The molecule has 1 aromatic heterocycles. The molecule has 0 atom stereocenters. The molecule has 148 valence electrons. The molecule has 0 saturated heterocycles. The van der Waals surface area contributed by atoms with Gasteiger partial charge in [-0.2, -0.15) is 0 Å². The third-order valence-corrected chi connectivity index (χ3v) is 4.74. The molecule has 2 aromatic carbocycles. The van der Waals surface area contributed by atoms with Crippen LogP contribution in [0.25, 0.3) is 11.0 Å². The van der Waals surface area contributed by atoms with Crippen molar-refractivity contribution in [1.29, 1.82) is 0 Å². The minimum atomic E-state index is -0.116. The third-order valence-electron chi connectivity index (χ3n) is 4.74. The number of methoxy groups -OCH3 is 2. The van der Waals surface area contributed by atoms with E-state index in [9.17, 15) is 9.59 Å². The Morgan fingerprint density at radius 3 is 2.32 bits per heavy atom. The van der Waals surface area contributed by atoms with Crippen LogP contribution < -0.4 is 20.5 Å². The van der Waals surface area contributed by atoms with Crippen molar-refractivity contribution in [3.05, 3.63) is 58.5 Å². The molecule has 0 saturated carbocycles. The molecule has 0 unspecified atom stereocenters. The number of carbonyl (C=O) groups is 1. The first-order chi connectivity index (χ1) is 13.6. The summed E-state index contributed by atoms with van der Waals surface area (Å²) < 4.78 is 13.9. The number of aryl methyl sites for hydroxylation is 2. The standard InChI is InChI=1S/C21H25N3O4/c1-4-23-16-7-5-6-8-17(16)24(21(23)26)12-11-20(25)22-14-15-9-10-18(27-2)19(13-15)28-3/h5-10,13H,4,11-12,14H2,1-3H3,(H,22,25). The average Bonchev–Trinajstić information content (AvgIpc) is 3.00. The quantitative estimate of drug-likeness (QED) is 0.649. The number of imidazole rings is 1. The zero-order valence-corrected chi connectivity index (χ0v) is 16.4. The van der Waals surface area contributed by atoms with Crippen LogP contribution in [0.1, 0.15) is 18.9 Å². The zero-order chi connectivity index (χ0) is 20.1. The van der Waals surface area contributed by atoms with Crippen LogP contribution in [0.3, 0.4) is 0 Å². The fourth-order valence-electron chi connectivity index (χ4n) is 3.29. The molecule has 28 heavy (non-hydrogen) atoms. The molecule has 0 aliphatic carbocycles. The van der Waals surface area contributed by atoms with Gasteiger partial charge in [0.2, 0.25) is 5.91 Å². The normalized spacial score (nSPS) is 10.8. The highest BCUT2D eigenvalue weighted by molar-refractivity contribution is 5.78. The van der Waals surface area contributed by atoms with Crippen LogP contribution in [0.2, 0.25) is 0 Å². The predicted octanol–water partition coefficient (Wildman–Crippen LogP) is 2.55. The smallest absolute Gasteiger partial charge is 0.329 e. The number of hydrogen-bond acceptors (Lipinski definition) is 4. The number of nitrogens with zero attached hydrogens (tertiary/aromatic N) is 2. The Hall–Kier alpha value is -3.22. The van der Waals surface area contributed by atoms with Crippen molar-refractivity contribution in [2.75, 3.05) is 14.2 Å². The number of para-hydroxylation sites is 2. The first-order valence-electron chi connectivity index (χ1n) is 9.24. The lowest BCUT2D eigenvalue weighted by Crippen LogP contribution is -2.28. The second-order valence-corrected chi connectivity index (χ2v) is 6.38. The van der Waals surface area contributed by atoms with E-state index in [2.05, 4.69) is 5.32 Å². The highest BCUT2D eigenvalue weighted by Gasteiger charge is 2.13. The Labute approximate surface area is 163 Å². The third kappa shape index (κ3) is 3.88. The van der Waals surface area contributed by atoms with E-state index in [4.69, 9.17) is 9.47 Å². The Morgan fingerprint density at radius 2 is 1.68 bits per heavy atom. The summed E-state index contributed by atoms with van der Waals surface area (Å²) in [6, 6.07) is 13.2. The second kappa shape index (κ2) is 8.65. The first kappa shape index (κ1) is 19.5. The summed E-state index contributed by atoms with van der Waals surface area (Å²) in [4.78, 5) is 24.9. The average molecular weight is 383 g/mol. The van der Waals surface area contributed by atoms with E-state index in [0.717, 1.165) is 16.6 Å². The number of aromatic nitrogens is 2. The number of carbonyl (C=O) groups excluding carboxylic acids is 1. The number of ether oxygens (including phenoxy) is 2. The fourth-order valence-corrected chi connectivity index (χ4v) is 3.29. The van der Waals surface area contributed by atoms with Crippen LogP contribution in [0.5, 0.6) is 11.5 Å². The van der Waals surface area contributed by atoms with Crippen LogP contribution in [0.15, 0.2) is 47.3 Å². The van der Waals surface area contributed by atoms with Gasteiger partial charge in [0.15, 0.2) is 11.5 Å². The molecule has 0 aliphatic rings. The minimum Gasteiger partial charge on any atom is -0.493 e. The fraction of sp³-hybridized carbons (Fsp3) is 0.333. The molecule has 7 nitrogen and oxygen atoms in total. The summed E-state index contributed by atoms with van der Waals surface area (Å²) >= 11 is 0. The lowest BCUT2D eigenvalue weighted by Gasteiger charge is -2.10. The van der Waals surface area contributed by atoms with Gasteiger partial charge < -0.3 is 14.8 Å². The summed E-state index contributed by atoms with van der Waals surface area (Å²) in [6.07, 6.45) is 0.227. The number of amides is 1. The maximum atomic E-state index is 12.6. The molecule has 1 amide bonds. The van der Waals surface area contributed by atoms with Crippen LogP contribution in [0.4, 0.5) is 0 Å². The maximum Gasteiger partial charge on any atom is 0.329 e. The molecule has 0 fully saturated rings. The van der Waals surface area contributed by atoms with Crippen LogP contribution >= 0.6 is 0 Å². The molecule has 1 N–H and O–H groups in total. The van der Waals surface area contributed by atoms with Crippen LogP contribution in [-0.2, 0) is 24.4 Å². The largest absolute Gasteiger partial charge is 0.493 e. The monoisotopic (exact) mass is 383 g/mol. The number of hydrogen-bond donors (Lipinski definition) is 1. The lowest BCUT2D eigenvalue weighted by atomic mass is 10.2. The molecule has 3 rings (SSSR count). The van der Waals surface area contributed by atoms with Crippen LogP contribution in [0, 0.1) is 0 Å². The van der Waals surface area contributed by atoms with Gasteiger partial charge in [0.1, 0.15) is 0 Å². The molecular weight excluding hydrogens is 358 g/mol. The lowest BCUT2D eigenvalue weighted by molar-refractivity contribution is -0.121. The van der Waals surface area contributed by atoms with Crippen LogP contribution in [-0.4, -0.2) is 29.3 Å². The molecule has 1 heterocycles. The van der Waals surface area contributed by atoms with E-state index >= 15 is 0 Å². The maximum absolute atomic E-state index is 12.6. The Kier molecular flexibility index (Phi) is 6.03. The van der Waals surface area contributed by atoms with Gasteiger partial charge in [0, 0.05) is 26.1 Å². The predicted molar refractivity (Wildman–Crippen MR) is 108 cm³/mol. The molecule has 0 bridgehead atoms. The Bertz CT molecular complexity index is 1040. The number of benzene rings is 2. The molecule has 0 aliphatic heterocycles. The zero-order valence-electron chi connectivity index (χ0n) is 16.4. The van der Waals surface area contributed by atoms with Gasteiger partial charge in [-0.15, -0.1) is 0 Å². The molecular formula is C21H25N3O4. The van der Waals surface area contributed by atoms with Gasteiger partial charge >= 0.3 is 5.69 Å². The summed E-state index contributed by atoms with van der Waals surface area (Å²) in [5.41, 5.74) is 2.56. The van der Waals surface area contributed by atoms with Crippen molar-refractivity contribution < 1.29 is 14.3 Å². The van der Waals surface area contributed by atoms with Crippen molar-refractivity contribution in [3.8, 4) is 11.5 Å². The van der Waals surface area contributed by atoms with Crippen molar-refractivity contribution in [3.63, 3.8) is 0 Å². The second-order valence-electron chi connectivity index (χ2n) is 6.38. The summed E-state index contributed by atoms with van der Waals surface area (Å²) in [6.45, 7) is 3.25. The van der Waals surface area contributed by atoms with Gasteiger partial charge in [-0.05, 0) is 36.8 Å². The molecule has 0 radical (unpaired) electrons.